The molecule has 138 valence electrons. The lowest BCUT2D eigenvalue weighted by atomic mass is 9.47. The first kappa shape index (κ1) is 17.3. The fourth-order valence-electron chi connectivity index (χ4n) is 7.05. The van der Waals surface area contributed by atoms with E-state index in [9.17, 15) is 14.7 Å². The molecule has 3 saturated carbocycles. The van der Waals surface area contributed by atoms with E-state index < -0.39 is 6.10 Å². The predicted octanol–water partition coefficient (Wildman–Crippen LogP) is 2.99. The van der Waals surface area contributed by atoms with E-state index in [0.29, 0.717) is 30.0 Å². The van der Waals surface area contributed by atoms with Crippen molar-refractivity contribution in [3.8, 4) is 0 Å². The highest BCUT2D eigenvalue weighted by Gasteiger charge is 2.61. The van der Waals surface area contributed by atoms with E-state index >= 15 is 0 Å². The molecule has 2 N–H and O–H groups in total. The summed E-state index contributed by atoms with van der Waals surface area (Å²) in [5, 5.41) is 13.7. The lowest BCUT2D eigenvalue weighted by molar-refractivity contribution is -0.122. The number of rotatable bonds is 1. The molecule has 0 radical (unpaired) electrons. The Kier molecular flexibility index (Phi) is 3.91. The summed E-state index contributed by atoms with van der Waals surface area (Å²) >= 11 is 0. The minimum Gasteiger partial charge on any atom is -0.391 e. The molecule has 3 fully saturated rings. The third-order valence-corrected chi connectivity index (χ3v) is 8.35. The van der Waals surface area contributed by atoms with Crippen LogP contribution in [0.1, 0.15) is 65.7 Å². The van der Waals surface area contributed by atoms with E-state index in [-0.39, 0.29) is 22.8 Å². The maximum Gasteiger partial charge on any atom is 0.217 e. The summed E-state index contributed by atoms with van der Waals surface area (Å²) in [6.07, 6.45) is 8.32. The van der Waals surface area contributed by atoms with Crippen molar-refractivity contribution < 1.29 is 14.7 Å². The number of hydrogen-bond acceptors (Lipinski definition) is 3. The lowest BCUT2D eigenvalue weighted by Gasteiger charge is -2.58. The number of fused-ring (bicyclic) bond motifs is 5. The number of aliphatic hydroxyl groups excluding tert-OH is 1. The molecule has 4 nitrogen and oxygen atoms in total. The van der Waals surface area contributed by atoms with Crippen LogP contribution in [0.25, 0.3) is 0 Å². The molecule has 0 aromatic heterocycles. The Balaban J connectivity index is 1.65. The Hall–Kier alpha value is -1.16. The molecule has 0 aromatic rings. The van der Waals surface area contributed by atoms with Gasteiger partial charge in [-0.2, -0.15) is 0 Å². The van der Waals surface area contributed by atoms with Crippen LogP contribution in [0.2, 0.25) is 0 Å². The molecule has 4 aliphatic carbocycles. The van der Waals surface area contributed by atoms with Gasteiger partial charge >= 0.3 is 0 Å². The second kappa shape index (κ2) is 5.67. The van der Waals surface area contributed by atoms with Crippen LogP contribution in [0.5, 0.6) is 0 Å². The number of amides is 1. The van der Waals surface area contributed by atoms with E-state index in [2.05, 4.69) is 19.2 Å². The van der Waals surface area contributed by atoms with Gasteiger partial charge in [-0.15, -0.1) is 0 Å². The Morgan fingerprint density at radius 3 is 2.68 bits per heavy atom. The van der Waals surface area contributed by atoms with Crippen LogP contribution in [-0.2, 0) is 9.59 Å². The van der Waals surface area contributed by atoms with Gasteiger partial charge in [0.1, 0.15) is 0 Å². The van der Waals surface area contributed by atoms with Gasteiger partial charge in [-0.05, 0) is 73.2 Å². The molecule has 7 atom stereocenters. The Bertz CT molecular complexity index is 641. The van der Waals surface area contributed by atoms with E-state index in [1.165, 1.54) is 5.57 Å². The van der Waals surface area contributed by atoms with Crippen LogP contribution < -0.4 is 5.32 Å². The first-order chi connectivity index (χ1) is 11.8. The Morgan fingerprint density at radius 2 is 1.96 bits per heavy atom. The summed E-state index contributed by atoms with van der Waals surface area (Å²) in [5.41, 5.74) is 1.54. The SMILES string of the molecule is CC(=O)NC1C(O)CC2C3CCC4=CC(=O)CCC4(C)C3CCC21C. The molecule has 0 aliphatic heterocycles. The first-order valence-electron chi connectivity index (χ1n) is 9.95. The van der Waals surface area contributed by atoms with Gasteiger partial charge in [-0.1, -0.05) is 19.4 Å². The molecule has 0 bridgehead atoms. The van der Waals surface area contributed by atoms with Crippen LogP contribution in [0.15, 0.2) is 11.6 Å². The van der Waals surface area contributed by atoms with Crippen LogP contribution in [0.4, 0.5) is 0 Å². The monoisotopic (exact) mass is 345 g/mol. The number of allylic oxidation sites excluding steroid dienone is 1. The number of carbonyl (C=O) groups excluding carboxylic acids is 2. The smallest absolute Gasteiger partial charge is 0.217 e. The van der Waals surface area contributed by atoms with Crippen molar-refractivity contribution in [2.24, 2.45) is 28.6 Å². The average molecular weight is 345 g/mol. The predicted molar refractivity (Wildman–Crippen MR) is 95.7 cm³/mol. The number of hydrogen-bond donors (Lipinski definition) is 2. The normalized spacial score (nSPS) is 48.9. The van der Waals surface area contributed by atoms with E-state index in [0.717, 1.165) is 38.5 Å². The summed E-state index contributed by atoms with van der Waals surface area (Å²) in [6.45, 7) is 6.21. The Labute approximate surface area is 150 Å². The van der Waals surface area contributed by atoms with Gasteiger partial charge in [-0.25, -0.2) is 0 Å². The van der Waals surface area contributed by atoms with Crippen LogP contribution in [-0.4, -0.2) is 28.9 Å². The van der Waals surface area contributed by atoms with Gasteiger partial charge in [0.2, 0.25) is 5.91 Å². The van der Waals surface area contributed by atoms with E-state index in [4.69, 9.17) is 0 Å². The molecule has 7 unspecified atom stereocenters. The minimum atomic E-state index is -0.435. The third kappa shape index (κ3) is 2.43. The van der Waals surface area contributed by atoms with E-state index in [1.54, 1.807) is 6.92 Å². The van der Waals surface area contributed by atoms with Gasteiger partial charge in [0.25, 0.3) is 0 Å². The molecule has 0 spiro atoms. The van der Waals surface area contributed by atoms with Crippen LogP contribution >= 0.6 is 0 Å². The summed E-state index contributed by atoms with van der Waals surface area (Å²) in [5.74, 6) is 1.94. The molecule has 4 heteroatoms. The summed E-state index contributed by atoms with van der Waals surface area (Å²) in [6, 6.07) is -0.117. The summed E-state index contributed by atoms with van der Waals surface area (Å²) in [4.78, 5) is 23.5. The van der Waals surface area contributed by atoms with Gasteiger partial charge in [0.15, 0.2) is 5.78 Å². The molecule has 25 heavy (non-hydrogen) atoms. The molecule has 0 heterocycles. The maximum atomic E-state index is 11.9. The molecule has 4 rings (SSSR count). The third-order valence-electron chi connectivity index (χ3n) is 8.35. The van der Waals surface area contributed by atoms with Gasteiger partial charge in [0, 0.05) is 13.3 Å². The second-order valence-electron chi connectivity index (χ2n) is 9.49. The Morgan fingerprint density at radius 1 is 1.20 bits per heavy atom. The van der Waals surface area contributed by atoms with Gasteiger partial charge < -0.3 is 10.4 Å². The second-order valence-corrected chi connectivity index (χ2v) is 9.49. The summed E-state index contributed by atoms with van der Waals surface area (Å²) < 4.78 is 0. The zero-order chi connectivity index (χ0) is 18.0. The number of carbonyl (C=O) groups is 2. The molecule has 1 amide bonds. The highest BCUT2D eigenvalue weighted by Crippen LogP contribution is 2.65. The standard InChI is InChI=1S/C21H31NO3/c1-12(23)22-19-18(25)11-17-15-5-4-13-10-14(24)6-8-20(13,2)16(15)7-9-21(17,19)3/h10,15-19,25H,4-9,11H2,1-3H3,(H,22,23). The number of nitrogens with one attached hydrogen (secondary N) is 1. The fourth-order valence-corrected chi connectivity index (χ4v) is 7.05. The highest BCUT2D eigenvalue weighted by molar-refractivity contribution is 5.91. The first-order valence-corrected chi connectivity index (χ1v) is 9.95. The average Bonchev–Trinajstić information content (AvgIpc) is 2.79. The highest BCUT2D eigenvalue weighted by atomic mass is 16.3. The van der Waals surface area contributed by atoms with Crippen molar-refractivity contribution in [1.29, 1.82) is 0 Å². The number of aliphatic hydroxyl groups is 1. The molecular formula is C21H31NO3. The van der Waals surface area contributed by atoms with Gasteiger partial charge in [-0.3, -0.25) is 9.59 Å². The number of ketones is 1. The van der Waals surface area contributed by atoms with Crippen molar-refractivity contribution in [3.05, 3.63) is 11.6 Å². The minimum absolute atomic E-state index is 0.00564. The molecule has 0 saturated heterocycles. The molecular weight excluding hydrogens is 314 g/mol. The maximum absolute atomic E-state index is 11.9. The topological polar surface area (TPSA) is 66.4 Å². The largest absolute Gasteiger partial charge is 0.391 e. The van der Waals surface area contributed by atoms with E-state index in [1.807, 2.05) is 6.08 Å². The van der Waals surface area contributed by atoms with Crippen molar-refractivity contribution in [3.63, 3.8) is 0 Å². The van der Waals surface area contributed by atoms with Crippen molar-refractivity contribution in [2.75, 3.05) is 0 Å². The molecule has 0 aromatic carbocycles. The van der Waals surface area contributed by atoms with Crippen molar-refractivity contribution >= 4 is 11.7 Å². The van der Waals surface area contributed by atoms with Crippen LogP contribution in [0.3, 0.4) is 0 Å². The quantitative estimate of drug-likeness (QED) is 0.768. The summed E-state index contributed by atoms with van der Waals surface area (Å²) in [7, 11) is 0. The van der Waals surface area contributed by atoms with Crippen molar-refractivity contribution in [1.82, 2.24) is 5.32 Å². The van der Waals surface area contributed by atoms with Crippen molar-refractivity contribution in [2.45, 2.75) is 77.9 Å². The van der Waals surface area contributed by atoms with Gasteiger partial charge in [0.05, 0.1) is 12.1 Å². The zero-order valence-corrected chi connectivity index (χ0v) is 15.7. The zero-order valence-electron chi connectivity index (χ0n) is 15.7. The fraction of sp³-hybridized carbons (Fsp3) is 0.810. The molecule has 4 aliphatic rings. The van der Waals surface area contributed by atoms with Crippen LogP contribution in [0, 0.1) is 28.6 Å². The lowest BCUT2D eigenvalue weighted by Crippen LogP contribution is -2.55.